The monoisotopic (exact) mass is 219 g/mol. The summed E-state index contributed by atoms with van der Waals surface area (Å²) in [7, 11) is 0. The third-order valence-corrected chi connectivity index (χ3v) is 3.74. The third kappa shape index (κ3) is 2.63. The summed E-state index contributed by atoms with van der Waals surface area (Å²) < 4.78 is 0. The van der Waals surface area contributed by atoms with Crippen molar-refractivity contribution in [2.75, 3.05) is 19.7 Å². The lowest BCUT2D eigenvalue weighted by molar-refractivity contribution is 0.106. The topological polar surface area (TPSA) is 23.5 Å². The molecule has 0 radical (unpaired) electrons. The van der Waals surface area contributed by atoms with Crippen LogP contribution in [0.1, 0.15) is 31.4 Å². The van der Waals surface area contributed by atoms with E-state index in [9.17, 15) is 0 Å². The number of benzene rings is 1. The van der Waals surface area contributed by atoms with E-state index in [1.807, 2.05) is 0 Å². The van der Waals surface area contributed by atoms with Gasteiger partial charge in [-0.2, -0.15) is 0 Å². The molecule has 0 aliphatic carbocycles. The van der Waals surface area contributed by atoms with Crippen molar-refractivity contribution in [3.05, 3.63) is 35.9 Å². The van der Waals surface area contributed by atoms with Crippen molar-refractivity contribution in [1.29, 1.82) is 0 Å². The molecule has 88 valence electrons. The summed E-state index contributed by atoms with van der Waals surface area (Å²) in [6.07, 6.45) is 2.27. The Morgan fingerprint density at radius 3 is 2.44 bits per heavy atom. The minimum absolute atomic E-state index is 0.355. The third-order valence-electron chi connectivity index (χ3n) is 3.74. The van der Waals surface area contributed by atoms with E-state index in [0.717, 1.165) is 25.9 Å². The molecule has 1 fully saturated rings. The van der Waals surface area contributed by atoms with Crippen LogP contribution in [0.3, 0.4) is 0 Å². The van der Waals surface area contributed by atoms with Crippen molar-refractivity contribution in [3.8, 4) is 0 Å². The van der Waals surface area contributed by atoms with Crippen molar-refractivity contribution in [2.24, 2.45) is 5.92 Å². The highest BCUT2D eigenvalue weighted by Gasteiger charge is 2.22. The van der Waals surface area contributed by atoms with E-state index < -0.39 is 0 Å². The number of aliphatic hydroxyl groups excluding tert-OH is 1. The predicted octanol–water partition coefficient (Wildman–Crippen LogP) is 2.45. The van der Waals surface area contributed by atoms with Gasteiger partial charge in [0.15, 0.2) is 0 Å². The molecule has 0 aromatic heterocycles. The minimum Gasteiger partial charge on any atom is -0.396 e. The number of nitrogens with zero attached hydrogens (tertiary/aromatic N) is 1. The van der Waals surface area contributed by atoms with E-state index in [1.165, 1.54) is 5.56 Å². The molecule has 2 heteroatoms. The fraction of sp³-hybridized carbons (Fsp3) is 0.571. The van der Waals surface area contributed by atoms with Gasteiger partial charge in [-0.3, -0.25) is 4.90 Å². The minimum atomic E-state index is 0.355. The first-order valence-electron chi connectivity index (χ1n) is 6.21. The van der Waals surface area contributed by atoms with Crippen LogP contribution in [0.4, 0.5) is 0 Å². The zero-order chi connectivity index (χ0) is 11.4. The molecule has 1 heterocycles. The van der Waals surface area contributed by atoms with E-state index in [4.69, 9.17) is 5.11 Å². The highest BCUT2D eigenvalue weighted by atomic mass is 16.3. The molecular formula is C14H21NO. The lowest BCUT2D eigenvalue weighted by Crippen LogP contribution is -2.36. The van der Waals surface area contributed by atoms with Gasteiger partial charge in [0.2, 0.25) is 0 Å². The molecule has 1 unspecified atom stereocenters. The summed E-state index contributed by atoms with van der Waals surface area (Å²) in [6, 6.07) is 11.2. The zero-order valence-electron chi connectivity index (χ0n) is 9.97. The molecule has 1 saturated heterocycles. The van der Waals surface area contributed by atoms with Gasteiger partial charge in [0.05, 0.1) is 0 Å². The molecule has 1 atom stereocenters. The van der Waals surface area contributed by atoms with Crippen molar-refractivity contribution < 1.29 is 5.11 Å². The molecule has 1 N–H and O–H groups in total. The quantitative estimate of drug-likeness (QED) is 0.844. The average molecular weight is 219 g/mol. The largest absolute Gasteiger partial charge is 0.396 e. The van der Waals surface area contributed by atoms with Gasteiger partial charge >= 0.3 is 0 Å². The average Bonchev–Trinajstić information content (AvgIpc) is 2.39. The van der Waals surface area contributed by atoms with E-state index in [0.29, 0.717) is 18.6 Å². The molecule has 0 saturated carbocycles. The molecule has 1 aromatic carbocycles. The maximum atomic E-state index is 9.11. The van der Waals surface area contributed by atoms with E-state index in [2.05, 4.69) is 42.2 Å². The summed E-state index contributed by atoms with van der Waals surface area (Å²) in [5.41, 5.74) is 1.39. The van der Waals surface area contributed by atoms with Gasteiger partial charge in [0, 0.05) is 12.6 Å². The Balaban J connectivity index is 1.94. The molecular weight excluding hydrogens is 198 g/mol. The van der Waals surface area contributed by atoms with Crippen LogP contribution in [0.5, 0.6) is 0 Å². The summed E-state index contributed by atoms with van der Waals surface area (Å²) >= 11 is 0. The van der Waals surface area contributed by atoms with Gasteiger partial charge in [-0.1, -0.05) is 30.3 Å². The molecule has 2 rings (SSSR count). The Bertz CT molecular complexity index is 304. The van der Waals surface area contributed by atoms with Crippen LogP contribution in [-0.4, -0.2) is 29.7 Å². The van der Waals surface area contributed by atoms with Crippen molar-refractivity contribution >= 4 is 0 Å². The number of likely N-dealkylation sites (tertiary alicyclic amines) is 1. The van der Waals surface area contributed by atoms with Gasteiger partial charge in [-0.25, -0.2) is 0 Å². The number of hydrogen-bond donors (Lipinski definition) is 1. The Morgan fingerprint density at radius 1 is 1.25 bits per heavy atom. The maximum Gasteiger partial charge on any atom is 0.0460 e. The lowest BCUT2D eigenvalue weighted by Gasteiger charge is -2.35. The molecule has 16 heavy (non-hydrogen) atoms. The Morgan fingerprint density at radius 2 is 1.88 bits per heavy atom. The summed E-state index contributed by atoms with van der Waals surface area (Å²) in [6.45, 7) is 4.85. The highest BCUT2D eigenvalue weighted by molar-refractivity contribution is 5.18. The van der Waals surface area contributed by atoms with Crippen LogP contribution >= 0.6 is 0 Å². The van der Waals surface area contributed by atoms with Crippen molar-refractivity contribution in [2.45, 2.75) is 25.8 Å². The number of piperidine rings is 1. The Hall–Kier alpha value is -0.860. The summed E-state index contributed by atoms with van der Waals surface area (Å²) in [4.78, 5) is 2.52. The summed E-state index contributed by atoms with van der Waals surface area (Å²) in [5.74, 6) is 0.527. The van der Waals surface area contributed by atoms with Gasteiger partial charge in [0.25, 0.3) is 0 Å². The van der Waals surface area contributed by atoms with E-state index in [1.54, 1.807) is 0 Å². The van der Waals surface area contributed by atoms with Crippen molar-refractivity contribution in [3.63, 3.8) is 0 Å². The first-order valence-corrected chi connectivity index (χ1v) is 6.21. The Kier molecular flexibility index (Phi) is 3.97. The second-order valence-corrected chi connectivity index (χ2v) is 4.75. The van der Waals surface area contributed by atoms with Gasteiger partial charge in [-0.05, 0) is 44.3 Å². The number of hydrogen-bond acceptors (Lipinski definition) is 2. The smallest absolute Gasteiger partial charge is 0.0460 e. The second kappa shape index (κ2) is 5.46. The highest BCUT2D eigenvalue weighted by Crippen LogP contribution is 2.25. The molecule has 2 nitrogen and oxygen atoms in total. The zero-order valence-corrected chi connectivity index (χ0v) is 9.97. The molecule has 1 aliphatic heterocycles. The van der Waals surface area contributed by atoms with Crippen LogP contribution in [0.25, 0.3) is 0 Å². The van der Waals surface area contributed by atoms with Gasteiger partial charge in [-0.15, -0.1) is 0 Å². The van der Waals surface area contributed by atoms with Crippen LogP contribution in [0, 0.1) is 5.92 Å². The molecule has 0 amide bonds. The molecule has 0 spiro atoms. The first-order chi connectivity index (χ1) is 7.81. The molecule has 1 aliphatic rings. The van der Waals surface area contributed by atoms with Crippen LogP contribution in [0.15, 0.2) is 30.3 Å². The van der Waals surface area contributed by atoms with Crippen LogP contribution < -0.4 is 0 Å². The predicted molar refractivity (Wildman–Crippen MR) is 66.2 cm³/mol. The molecule has 1 aromatic rings. The SMILES string of the molecule is CC(c1ccccc1)N1CCC(CO)CC1. The lowest BCUT2D eigenvalue weighted by atomic mass is 9.95. The summed E-state index contributed by atoms with van der Waals surface area (Å²) in [5, 5.41) is 9.11. The standard InChI is InChI=1S/C14H21NO/c1-12(14-5-3-2-4-6-14)15-9-7-13(11-16)8-10-15/h2-6,12-13,16H,7-11H2,1H3. The Labute approximate surface area is 97.9 Å². The van der Waals surface area contributed by atoms with Crippen LogP contribution in [0.2, 0.25) is 0 Å². The van der Waals surface area contributed by atoms with Crippen LogP contribution in [-0.2, 0) is 0 Å². The van der Waals surface area contributed by atoms with E-state index >= 15 is 0 Å². The first kappa shape index (κ1) is 11.6. The number of rotatable bonds is 3. The fourth-order valence-electron chi connectivity index (χ4n) is 2.47. The van der Waals surface area contributed by atoms with Gasteiger partial charge in [0.1, 0.15) is 0 Å². The van der Waals surface area contributed by atoms with Gasteiger partial charge < -0.3 is 5.11 Å². The molecule has 0 bridgehead atoms. The number of aliphatic hydroxyl groups is 1. The van der Waals surface area contributed by atoms with Crippen molar-refractivity contribution in [1.82, 2.24) is 4.90 Å². The second-order valence-electron chi connectivity index (χ2n) is 4.75. The maximum absolute atomic E-state index is 9.11. The van der Waals surface area contributed by atoms with E-state index in [-0.39, 0.29) is 0 Å². The fourth-order valence-corrected chi connectivity index (χ4v) is 2.47. The normalized spacial score (nSPS) is 20.9.